The van der Waals surface area contributed by atoms with Crippen LogP contribution in [0, 0.1) is 13.8 Å². The molecule has 2 N–H and O–H groups in total. The van der Waals surface area contributed by atoms with Crippen LogP contribution < -0.4 is 10.5 Å². The van der Waals surface area contributed by atoms with Crippen LogP contribution in [0.5, 0.6) is 5.75 Å². The largest absolute Gasteiger partial charge is 0.492 e. The number of aryl methyl sites for hydroxylation is 2. The van der Waals surface area contributed by atoms with Gasteiger partial charge in [0.05, 0.1) is 24.1 Å². The second-order valence-electron chi connectivity index (χ2n) is 5.54. The molecule has 4 heteroatoms. The van der Waals surface area contributed by atoms with E-state index in [-0.39, 0.29) is 0 Å². The minimum atomic E-state index is 0.429. The highest BCUT2D eigenvalue weighted by atomic mass is 16.5. The first-order valence-electron chi connectivity index (χ1n) is 7.52. The molecule has 1 heterocycles. The van der Waals surface area contributed by atoms with Crippen LogP contribution in [0.15, 0.2) is 42.5 Å². The van der Waals surface area contributed by atoms with E-state index in [1.165, 1.54) is 11.1 Å². The fourth-order valence-electron chi connectivity index (χ4n) is 2.58. The molecule has 3 rings (SSSR count). The van der Waals surface area contributed by atoms with Crippen molar-refractivity contribution in [2.45, 2.75) is 26.9 Å². The Bertz CT molecular complexity index is 775. The summed E-state index contributed by atoms with van der Waals surface area (Å²) in [6.45, 7) is 5.89. The normalized spacial score (nSPS) is 11.0. The summed E-state index contributed by atoms with van der Waals surface area (Å²) in [6, 6.07) is 14.4. The third-order valence-electron chi connectivity index (χ3n) is 3.77. The summed E-state index contributed by atoms with van der Waals surface area (Å²) in [5.41, 5.74) is 10.4. The lowest BCUT2D eigenvalue weighted by Gasteiger charge is -2.10. The first-order valence-corrected chi connectivity index (χ1v) is 7.52. The first-order chi connectivity index (χ1) is 10.7. The second kappa shape index (κ2) is 6.20. The number of benzene rings is 2. The van der Waals surface area contributed by atoms with Crippen LogP contribution in [0.4, 0.5) is 0 Å². The summed E-state index contributed by atoms with van der Waals surface area (Å²) >= 11 is 0. The molecule has 0 radical (unpaired) electrons. The molecule has 0 amide bonds. The van der Waals surface area contributed by atoms with E-state index < -0.39 is 0 Å². The Morgan fingerprint density at radius 3 is 2.50 bits per heavy atom. The molecule has 0 saturated carbocycles. The van der Waals surface area contributed by atoms with Crippen molar-refractivity contribution in [2.24, 2.45) is 5.73 Å². The van der Waals surface area contributed by atoms with Gasteiger partial charge in [-0.15, -0.1) is 0 Å². The van der Waals surface area contributed by atoms with E-state index in [9.17, 15) is 0 Å². The van der Waals surface area contributed by atoms with Crippen molar-refractivity contribution in [1.82, 2.24) is 9.55 Å². The van der Waals surface area contributed by atoms with Gasteiger partial charge in [-0.1, -0.05) is 23.8 Å². The molecular formula is C18H21N3O. The fraction of sp³-hybridized carbons (Fsp3) is 0.278. The van der Waals surface area contributed by atoms with Crippen LogP contribution >= 0.6 is 0 Å². The molecule has 0 aliphatic carbocycles. The predicted octanol–water partition coefficient (Wildman–Crippen LogP) is 3.19. The SMILES string of the molecule is Cc1ccc(OCCn2c(CN)nc3cc(C)ccc32)cc1. The summed E-state index contributed by atoms with van der Waals surface area (Å²) < 4.78 is 7.96. The maximum absolute atomic E-state index is 5.83. The molecule has 0 aliphatic heterocycles. The van der Waals surface area contributed by atoms with Gasteiger partial charge in [0.15, 0.2) is 0 Å². The van der Waals surface area contributed by atoms with E-state index >= 15 is 0 Å². The predicted molar refractivity (Wildman–Crippen MR) is 89.0 cm³/mol. The average Bonchev–Trinajstić information content (AvgIpc) is 2.86. The number of rotatable bonds is 5. The average molecular weight is 295 g/mol. The van der Waals surface area contributed by atoms with Crippen molar-refractivity contribution >= 4 is 11.0 Å². The number of hydrogen-bond acceptors (Lipinski definition) is 3. The Balaban J connectivity index is 1.76. The minimum Gasteiger partial charge on any atom is -0.492 e. The van der Waals surface area contributed by atoms with Gasteiger partial charge in [-0.05, 0) is 43.7 Å². The molecule has 0 bridgehead atoms. The maximum Gasteiger partial charge on any atom is 0.123 e. The van der Waals surface area contributed by atoms with Crippen molar-refractivity contribution in [2.75, 3.05) is 6.61 Å². The molecule has 22 heavy (non-hydrogen) atoms. The van der Waals surface area contributed by atoms with Crippen molar-refractivity contribution in [3.63, 3.8) is 0 Å². The number of nitrogens with zero attached hydrogens (tertiary/aromatic N) is 2. The van der Waals surface area contributed by atoms with Gasteiger partial charge in [0.2, 0.25) is 0 Å². The molecule has 0 unspecified atom stereocenters. The third kappa shape index (κ3) is 2.97. The summed E-state index contributed by atoms with van der Waals surface area (Å²) in [5, 5.41) is 0. The van der Waals surface area contributed by atoms with Gasteiger partial charge in [-0.3, -0.25) is 0 Å². The van der Waals surface area contributed by atoms with Gasteiger partial charge >= 0.3 is 0 Å². The molecule has 2 aromatic carbocycles. The standard InChI is InChI=1S/C18H21N3O/c1-13-3-6-15(7-4-13)22-10-9-21-17-8-5-14(2)11-16(17)20-18(21)12-19/h3-8,11H,9-10,12,19H2,1-2H3. The van der Waals surface area contributed by atoms with Gasteiger partial charge in [0.1, 0.15) is 18.2 Å². The van der Waals surface area contributed by atoms with E-state index in [1.54, 1.807) is 0 Å². The Morgan fingerprint density at radius 2 is 1.77 bits per heavy atom. The molecule has 0 fully saturated rings. The zero-order valence-corrected chi connectivity index (χ0v) is 13.0. The smallest absolute Gasteiger partial charge is 0.123 e. The van der Waals surface area contributed by atoms with E-state index in [0.29, 0.717) is 13.2 Å². The van der Waals surface area contributed by atoms with E-state index in [4.69, 9.17) is 10.5 Å². The van der Waals surface area contributed by atoms with Crippen LogP contribution in [0.2, 0.25) is 0 Å². The van der Waals surface area contributed by atoms with E-state index in [0.717, 1.165) is 29.2 Å². The number of imidazole rings is 1. The van der Waals surface area contributed by atoms with Crippen LogP contribution in [0.3, 0.4) is 0 Å². The molecule has 0 atom stereocenters. The Labute approximate surface area is 130 Å². The minimum absolute atomic E-state index is 0.429. The number of ether oxygens (including phenoxy) is 1. The molecule has 3 aromatic rings. The molecule has 0 spiro atoms. The molecule has 1 aromatic heterocycles. The van der Waals surface area contributed by atoms with Gasteiger partial charge in [0.25, 0.3) is 0 Å². The van der Waals surface area contributed by atoms with Crippen molar-refractivity contribution in [3.8, 4) is 5.75 Å². The number of hydrogen-bond donors (Lipinski definition) is 1. The number of fused-ring (bicyclic) bond motifs is 1. The fourth-order valence-corrected chi connectivity index (χ4v) is 2.58. The van der Waals surface area contributed by atoms with Crippen molar-refractivity contribution < 1.29 is 4.74 Å². The zero-order chi connectivity index (χ0) is 15.5. The lowest BCUT2D eigenvalue weighted by Crippen LogP contribution is -2.13. The zero-order valence-electron chi connectivity index (χ0n) is 13.0. The highest BCUT2D eigenvalue weighted by Crippen LogP contribution is 2.18. The Kier molecular flexibility index (Phi) is 4.11. The summed E-state index contributed by atoms with van der Waals surface area (Å²) in [6.07, 6.45) is 0. The lowest BCUT2D eigenvalue weighted by atomic mass is 10.2. The van der Waals surface area contributed by atoms with Crippen LogP contribution in [0.25, 0.3) is 11.0 Å². The van der Waals surface area contributed by atoms with Gasteiger partial charge in [-0.25, -0.2) is 4.98 Å². The molecular weight excluding hydrogens is 274 g/mol. The quantitative estimate of drug-likeness (QED) is 0.786. The van der Waals surface area contributed by atoms with Crippen LogP contribution in [0.1, 0.15) is 17.0 Å². The van der Waals surface area contributed by atoms with Crippen molar-refractivity contribution in [3.05, 3.63) is 59.4 Å². The van der Waals surface area contributed by atoms with Gasteiger partial charge in [-0.2, -0.15) is 0 Å². The van der Waals surface area contributed by atoms with Gasteiger partial charge < -0.3 is 15.0 Å². The maximum atomic E-state index is 5.83. The van der Waals surface area contributed by atoms with Crippen molar-refractivity contribution in [1.29, 1.82) is 0 Å². The second-order valence-corrected chi connectivity index (χ2v) is 5.54. The summed E-state index contributed by atoms with van der Waals surface area (Å²) in [7, 11) is 0. The molecule has 114 valence electrons. The summed E-state index contributed by atoms with van der Waals surface area (Å²) in [4.78, 5) is 4.61. The topological polar surface area (TPSA) is 53.1 Å². The van der Waals surface area contributed by atoms with Gasteiger partial charge in [0, 0.05) is 0 Å². The lowest BCUT2D eigenvalue weighted by molar-refractivity contribution is 0.298. The number of aromatic nitrogens is 2. The summed E-state index contributed by atoms with van der Waals surface area (Å²) in [5.74, 6) is 1.79. The molecule has 4 nitrogen and oxygen atoms in total. The molecule has 0 aliphatic rings. The number of nitrogens with two attached hydrogens (primary N) is 1. The first kappa shape index (κ1) is 14.6. The van der Waals surface area contributed by atoms with Crippen LogP contribution in [-0.2, 0) is 13.1 Å². The highest BCUT2D eigenvalue weighted by Gasteiger charge is 2.09. The Morgan fingerprint density at radius 1 is 1.05 bits per heavy atom. The van der Waals surface area contributed by atoms with E-state index in [2.05, 4.69) is 53.7 Å². The monoisotopic (exact) mass is 295 g/mol. The third-order valence-corrected chi connectivity index (χ3v) is 3.77. The van der Waals surface area contributed by atoms with Crippen LogP contribution in [-0.4, -0.2) is 16.2 Å². The highest BCUT2D eigenvalue weighted by molar-refractivity contribution is 5.76. The Hall–Kier alpha value is -2.33. The van der Waals surface area contributed by atoms with E-state index in [1.807, 2.05) is 12.1 Å². The molecule has 0 saturated heterocycles.